The summed E-state index contributed by atoms with van der Waals surface area (Å²) in [5, 5.41) is 2.77. The van der Waals surface area contributed by atoms with Crippen LogP contribution in [0.5, 0.6) is 0 Å². The van der Waals surface area contributed by atoms with Crippen LogP contribution in [-0.2, 0) is 15.7 Å². The van der Waals surface area contributed by atoms with Crippen LogP contribution in [0.2, 0.25) is 0 Å². The van der Waals surface area contributed by atoms with Crippen LogP contribution in [0, 0.1) is 0 Å². The smallest absolute Gasteiger partial charge is 0.216 e. The molecular formula is C7H16BrNOS. The molecule has 0 heterocycles. The summed E-state index contributed by atoms with van der Waals surface area (Å²) in [7, 11) is 0.518. The average molecular weight is 242 g/mol. The lowest BCUT2D eigenvalue weighted by molar-refractivity contribution is -0.118. The van der Waals surface area contributed by atoms with Crippen LogP contribution in [0.15, 0.2) is 0 Å². The zero-order valence-corrected chi connectivity index (χ0v) is 9.72. The van der Waals surface area contributed by atoms with E-state index in [1.165, 1.54) is 5.75 Å². The minimum Gasteiger partial charge on any atom is -1.00 e. The third-order valence-corrected chi connectivity index (χ3v) is 2.21. The van der Waals surface area contributed by atoms with Crippen molar-refractivity contribution >= 4 is 16.8 Å². The Hall–Kier alpha value is 0.300. The number of carbonyl (C=O) groups excluding carboxylic acids is 1. The second-order valence-electron chi connectivity index (χ2n) is 2.53. The summed E-state index contributed by atoms with van der Waals surface area (Å²) in [5.41, 5.74) is 0. The summed E-state index contributed by atoms with van der Waals surface area (Å²) in [6.07, 6.45) is 5.54. The fourth-order valence-electron chi connectivity index (χ4n) is 0.625. The van der Waals surface area contributed by atoms with Gasteiger partial charge in [0.25, 0.3) is 0 Å². The molecule has 0 aliphatic carbocycles. The highest BCUT2D eigenvalue weighted by atomic mass is 79.9. The molecule has 0 atom stereocenters. The summed E-state index contributed by atoms with van der Waals surface area (Å²) in [6.45, 7) is 2.39. The van der Waals surface area contributed by atoms with Gasteiger partial charge in [0.1, 0.15) is 5.75 Å². The number of halogens is 1. The van der Waals surface area contributed by atoms with Gasteiger partial charge in [-0.15, -0.1) is 0 Å². The predicted molar refractivity (Wildman–Crippen MR) is 47.4 cm³/mol. The van der Waals surface area contributed by atoms with E-state index in [1.54, 1.807) is 6.92 Å². The van der Waals surface area contributed by atoms with E-state index in [9.17, 15) is 4.79 Å². The number of carbonyl (C=O) groups is 1. The van der Waals surface area contributed by atoms with Gasteiger partial charge in [0.15, 0.2) is 0 Å². The lowest BCUT2D eigenvalue weighted by atomic mass is 10.5. The van der Waals surface area contributed by atoms with Crippen molar-refractivity contribution < 1.29 is 21.8 Å². The third kappa shape index (κ3) is 13.3. The molecule has 0 aromatic carbocycles. The molecule has 0 aliphatic rings. The van der Waals surface area contributed by atoms with Gasteiger partial charge in [-0.1, -0.05) is 0 Å². The highest BCUT2D eigenvalue weighted by Gasteiger charge is 2.00. The molecule has 0 rings (SSSR count). The first-order chi connectivity index (χ1) is 4.63. The fraction of sp³-hybridized carbons (Fsp3) is 0.857. The van der Waals surface area contributed by atoms with Crippen molar-refractivity contribution in [3.8, 4) is 0 Å². The quantitative estimate of drug-likeness (QED) is 0.425. The second-order valence-corrected chi connectivity index (χ2v) is 4.91. The van der Waals surface area contributed by atoms with Gasteiger partial charge >= 0.3 is 0 Å². The molecular weight excluding hydrogens is 226 g/mol. The Morgan fingerprint density at radius 3 is 2.36 bits per heavy atom. The largest absolute Gasteiger partial charge is 1.00 e. The maximum absolute atomic E-state index is 10.4. The molecule has 0 bridgehead atoms. The van der Waals surface area contributed by atoms with E-state index < -0.39 is 0 Å². The van der Waals surface area contributed by atoms with Gasteiger partial charge in [-0.2, -0.15) is 0 Å². The topological polar surface area (TPSA) is 29.1 Å². The predicted octanol–water partition coefficient (Wildman–Crippen LogP) is -2.61. The van der Waals surface area contributed by atoms with Gasteiger partial charge in [0, 0.05) is 19.9 Å². The van der Waals surface area contributed by atoms with Crippen LogP contribution in [0.3, 0.4) is 0 Å². The number of nitrogens with one attached hydrogen (secondary N) is 1. The van der Waals surface area contributed by atoms with Gasteiger partial charge < -0.3 is 22.3 Å². The molecule has 0 saturated carbocycles. The molecule has 0 spiro atoms. The van der Waals surface area contributed by atoms with Gasteiger partial charge in [-0.05, 0) is 10.9 Å². The highest BCUT2D eigenvalue weighted by molar-refractivity contribution is 7.95. The Bertz CT molecular complexity index is 109. The number of rotatable bonds is 4. The molecule has 0 aromatic heterocycles. The lowest BCUT2D eigenvalue weighted by Gasteiger charge is -1.98. The zero-order chi connectivity index (χ0) is 7.98. The van der Waals surface area contributed by atoms with Crippen molar-refractivity contribution in [3.63, 3.8) is 0 Å². The molecule has 1 amide bonds. The maximum Gasteiger partial charge on any atom is 0.216 e. The standard InChI is InChI=1S/C7H15NOS.BrH/c1-7(9)8-5-4-6-10(2)3;/h4-6H2,1-3H3;1H. The van der Waals surface area contributed by atoms with E-state index in [4.69, 9.17) is 0 Å². The first kappa shape index (κ1) is 13.9. The van der Waals surface area contributed by atoms with Crippen LogP contribution in [0.1, 0.15) is 13.3 Å². The normalized spacial score (nSPS) is 9.09. The molecule has 0 radical (unpaired) electrons. The van der Waals surface area contributed by atoms with E-state index in [0.29, 0.717) is 10.9 Å². The Kier molecular flexibility index (Phi) is 10.6. The monoisotopic (exact) mass is 241 g/mol. The number of amides is 1. The second kappa shape index (κ2) is 8.40. The highest BCUT2D eigenvalue weighted by Crippen LogP contribution is 1.87. The lowest BCUT2D eigenvalue weighted by Crippen LogP contribution is -3.00. The van der Waals surface area contributed by atoms with Gasteiger partial charge in [-0.25, -0.2) is 0 Å². The molecule has 0 aromatic rings. The fourth-order valence-corrected chi connectivity index (χ4v) is 1.35. The summed E-state index contributed by atoms with van der Waals surface area (Å²) < 4.78 is 0. The summed E-state index contributed by atoms with van der Waals surface area (Å²) in [6, 6.07) is 0. The Morgan fingerprint density at radius 2 is 2.00 bits per heavy atom. The molecule has 4 heteroatoms. The summed E-state index contributed by atoms with van der Waals surface area (Å²) >= 11 is 0. The summed E-state index contributed by atoms with van der Waals surface area (Å²) in [4.78, 5) is 10.4. The van der Waals surface area contributed by atoms with E-state index in [-0.39, 0.29) is 22.9 Å². The van der Waals surface area contributed by atoms with E-state index in [2.05, 4.69) is 17.8 Å². The Labute approximate surface area is 82.2 Å². The minimum atomic E-state index is 0. The van der Waals surface area contributed by atoms with E-state index in [0.717, 1.165) is 13.0 Å². The number of hydrogen-bond acceptors (Lipinski definition) is 1. The third-order valence-electron chi connectivity index (χ3n) is 1.10. The van der Waals surface area contributed by atoms with Crippen LogP contribution in [-0.4, -0.2) is 30.7 Å². The molecule has 11 heavy (non-hydrogen) atoms. The molecule has 1 N–H and O–H groups in total. The molecule has 0 aliphatic heterocycles. The van der Waals surface area contributed by atoms with Crippen LogP contribution >= 0.6 is 0 Å². The van der Waals surface area contributed by atoms with Crippen molar-refractivity contribution in [1.29, 1.82) is 0 Å². The van der Waals surface area contributed by atoms with Gasteiger partial charge in [0.05, 0.1) is 12.5 Å². The molecule has 68 valence electrons. The minimum absolute atomic E-state index is 0. The van der Waals surface area contributed by atoms with Crippen molar-refractivity contribution in [2.24, 2.45) is 0 Å². The Balaban J connectivity index is 0. The van der Waals surface area contributed by atoms with Crippen LogP contribution in [0.25, 0.3) is 0 Å². The van der Waals surface area contributed by atoms with E-state index >= 15 is 0 Å². The van der Waals surface area contributed by atoms with Crippen LogP contribution < -0.4 is 22.3 Å². The zero-order valence-electron chi connectivity index (χ0n) is 7.32. The SMILES string of the molecule is CC(=O)NCCC[S+](C)C.[Br-]. The van der Waals surface area contributed by atoms with Gasteiger partial charge in [-0.3, -0.25) is 4.79 Å². The molecule has 0 saturated heterocycles. The van der Waals surface area contributed by atoms with Crippen LogP contribution in [0.4, 0.5) is 0 Å². The molecule has 0 unspecified atom stereocenters. The first-order valence-electron chi connectivity index (χ1n) is 3.41. The van der Waals surface area contributed by atoms with Gasteiger partial charge in [0.2, 0.25) is 5.91 Å². The Morgan fingerprint density at radius 1 is 1.45 bits per heavy atom. The van der Waals surface area contributed by atoms with Crippen molar-refractivity contribution in [1.82, 2.24) is 5.32 Å². The van der Waals surface area contributed by atoms with Crippen molar-refractivity contribution in [2.75, 3.05) is 24.8 Å². The maximum atomic E-state index is 10.4. The summed E-state index contributed by atoms with van der Waals surface area (Å²) in [5.74, 6) is 1.30. The van der Waals surface area contributed by atoms with Crippen molar-refractivity contribution in [3.05, 3.63) is 0 Å². The molecule has 0 fully saturated rings. The first-order valence-corrected chi connectivity index (χ1v) is 5.62. The average Bonchev–Trinajstić information content (AvgIpc) is 1.79. The number of hydrogen-bond donors (Lipinski definition) is 1. The molecule has 2 nitrogen and oxygen atoms in total. The van der Waals surface area contributed by atoms with E-state index in [1.807, 2.05) is 0 Å². The van der Waals surface area contributed by atoms with Crippen molar-refractivity contribution in [2.45, 2.75) is 13.3 Å².